The molecule has 9 heteroatoms. The van der Waals surface area contributed by atoms with E-state index in [9.17, 15) is 13.6 Å². The molecule has 0 bridgehead atoms. The van der Waals surface area contributed by atoms with Crippen molar-refractivity contribution in [1.82, 2.24) is 15.0 Å². The van der Waals surface area contributed by atoms with Gasteiger partial charge in [-0.15, -0.1) is 0 Å². The molecule has 0 saturated carbocycles. The summed E-state index contributed by atoms with van der Waals surface area (Å²) in [5, 5.41) is 3.49. The quantitative estimate of drug-likeness (QED) is 0.625. The Balaban J connectivity index is 1.89. The fraction of sp³-hybridized carbons (Fsp3) is 0.182. The molecule has 2 heterocycles. The molecule has 0 fully saturated rings. The van der Waals surface area contributed by atoms with Gasteiger partial charge < -0.3 is 15.8 Å². The monoisotopic (exact) mass is 423 g/mol. The Labute approximate surface area is 176 Å². The predicted octanol–water partition coefficient (Wildman–Crippen LogP) is 3.79. The van der Waals surface area contributed by atoms with Crippen LogP contribution in [-0.4, -0.2) is 34.5 Å². The normalized spacial score (nSPS) is 15.9. The van der Waals surface area contributed by atoms with Crippen LogP contribution in [0.2, 0.25) is 0 Å². The Morgan fingerprint density at radius 3 is 2.81 bits per heavy atom. The second-order valence-corrected chi connectivity index (χ2v) is 6.99. The molecule has 4 rings (SSSR count). The van der Waals surface area contributed by atoms with Crippen molar-refractivity contribution in [1.29, 1.82) is 0 Å². The van der Waals surface area contributed by atoms with E-state index in [0.29, 0.717) is 45.8 Å². The zero-order chi connectivity index (χ0) is 22.0. The third-order valence-corrected chi connectivity index (χ3v) is 4.91. The highest BCUT2D eigenvalue weighted by atomic mass is 19.2. The highest BCUT2D eigenvalue weighted by Crippen LogP contribution is 2.38. The molecule has 0 aliphatic heterocycles. The summed E-state index contributed by atoms with van der Waals surface area (Å²) in [5.41, 5.74) is 7.16. The number of anilines is 1. The van der Waals surface area contributed by atoms with E-state index in [1.807, 2.05) is 6.07 Å². The summed E-state index contributed by atoms with van der Waals surface area (Å²) >= 11 is 0. The third kappa shape index (κ3) is 4.20. The van der Waals surface area contributed by atoms with Crippen molar-refractivity contribution in [3.05, 3.63) is 66.0 Å². The van der Waals surface area contributed by atoms with Gasteiger partial charge in [-0.1, -0.05) is 0 Å². The number of nitrogens with two attached hydrogens (primary N) is 1. The summed E-state index contributed by atoms with van der Waals surface area (Å²) in [5.74, 6) is -1.53. The number of aromatic nitrogens is 3. The summed E-state index contributed by atoms with van der Waals surface area (Å²) in [6, 6.07) is 7.09. The predicted molar refractivity (Wildman–Crippen MR) is 113 cm³/mol. The van der Waals surface area contributed by atoms with Gasteiger partial charge in [-0.2, -0.15) is 0 Å². The maximum absolute atomic E-state index is 13.8. The number of allylic oxidation sites excluding steroid dienone is 4. The lowest BCUT2D eigenvalue weighted by Crippen LogP contribution is -2.22. The number of ether oxygens (including phenoxy) is 1. The first-order valence-corrected chi connectivity index (χ1v) is 9.52. The minimum atomic E-state index is -0.898. The van der Waals surface area contributed by atoms with E-state index in [1.54, 1.807) is 30.6 Å². The lowest BCUT2D eigenvalue weighted by Gasteiger charge is -2.19. The van der Waals surface area contributed by atoms with Crippen molar-refractivity contribution in [2.75, 3.05) is 19.0 Å². The number of halogens is 2. The zero-order valence-corrected chi connectivity index (χ0v) is 16.6. The summed E-state index contributed by atoms with van der Waals surface area (Å²) < 4.78 is 32.8. The largest absolute Gasteiger partial charge is 0.494 e. The van der Waals surface area contributed by atoms with Crippen LogP contribution in [0.25, 0.3) is 22.3 Å². The van der Waals surface area contributed by atoms with E-state index >= 15 is 0 Å². The minimum absolute atomic E-state index is 0.142. The van der Waals surface area contributed by atoms with E-state index in [1.165, 1.54) is 19.3 Å². The molecular formula is C22H19F2N5O2. The number of methoxy groups -OCH3 is 1. The molecule has 1 atom stereocenters. The van der Waals surface area contributed by atoms with Crippen LogP contribution < -0.4 is 15.8 Å². The van der Waals surface area contributed by atoms with Crippen molar-refractivity contribution in [2.24, 2.45) is 5.73 Å². The van der Waals surface area contributed by atoms with Gasteiger partial charge >= 0.3 is 0 Å². The van der Waals surface area contributed by atoms with Crippen LogP contribution >= 0.6 is 0 Å². The molecule has 0 spiro atoms. The molecule has 1 aliphatic rings. The molecule has 2 aromatic heterocycles. The number of nitrogens with zero attached hydrogens (tertiary/aromatic N) is 3. The Kier molecular flexibility index (Phi) is 5.57. The lowest BCUT2D eigenvalue weighted by molar-refractivity contribution is -0.116. The van der Waals surface area contributed by atoms with Gasteiger partial charge in [0.15, 0.2) is 17.5 Å². The van der Waals surface area contributed by atoms with Crippen LogP contribution in [0, 0.1) is 0 Å². The summed E-state index contributed by atoms with van der Waals surface area (Å²) in [6.07, 6.45) is 6.00. The Morgan fingerprint density at radius 2 is 2.13 bits per heavy atom. The number of fused-ring (bicyclic) bond motifs is 1. The molecule has 3 aromatic rings. The van der Waals surface area contributed by atoms with Gasteiger partial charge in [-0.05, 0) is 48.4 Å². The fourth-order valence-electron chi connectivity index (χ4n) is 3.41. The zero-order valence-electron chi connectivity index (χ0n) is 16.6. The number of carbonyl (C=O) groups excluding carboxylic acids is 1. The molecule has 1 aromatic carbocycles. The van der Waals surface area contributed by atoms with Crippen molar-refractivity contribution < 1.29 is 18.3 Å². The molecule has 3 N–H and O–H groups in total. The number of carbonyl (C=O) groups is 1. The van der Waals surface area contributed by atoms with Gasteiger partial charge in [0.05, 0.1) is 13.7 Å². The van der Waals surface area contributed by atoms with Crippen molar-refractivity contribution in [3.63, 3.8) is 0 Å². The van der Waals surface area contributed by atoms with Gasteiger partial charge in [-0.3, -0.25) is 9.78 Å². The molecule has 0 radical (unpaired) electrons. The van der Waals surface area contributed by atoms with Gasteiger partial charge in [0.1, 0.15) is 17.1 Å². The molecule has 1 unspecified atom stereocenters. The van der Waals surface area contributed by atoms with Gasteiger partial charge in [0.2, 0.25) is 5.91 Å². The maximum Gasteiger partial charge on any atom is 0.236 e. The molecule has 31 heavy (non-hydrogen) atoms. The summed E-state index contributed by atoms with van der Waals surface area (Å²) in [7, 11) is 1.50. The standard InChI is InChI=1S/C22H19F2N5O2/c1-31-18-9-14(12-4-5-16(23)17(24)8-12)7-15-20(18)28-21(13-3-2-6-26-10-13)29-22(15)27-11-19(25)30/h2-3,5-10,12H,4,11H2,1H3,(H2,25,30)(H,27,28,29). The number of pyridine rings is 1. The van der Waals surface area contributed by atoms with Crippen molar-refractivity contribution in [2.45, 2.75) is 12.3 Å². The number of amides is 1. The van der Waals surface area contributed by atoms with Crippen LogP contribution in [0.15, 0.2) is 60.5 Å². The Hall–Kier alpha value is -3.88. The average Bonchev–Trinajstić information content (AvgIpc) is 2.78. The highest BCUT2D eigenvalue weighted by Gasteiger charge is 2.21. The number of hydrogen-bond acceptors (Lipinski definition) is 6. The van der Waals surface area contributed by atoms with E-state index in [2.05, 4.69) is 20.3 Å². The van der Waals surface area contributed by atoms with Crippen LogP contribution in [0.4, 0.5) is 14.6 Å². The highest BCUT2D eigenvalue weighted by molar-refractivity contribution is 5.96. The molecule has 158 valence electrons. The van der Waals surface area contributed by atoms with E-state index < -0.39 is 17.6 Å². The molecule has 1 aliphatic carbocycles. The number of hydrogen-bond donors (Lipinski definition) is 2. The Bertz CT molecular complexity index is 1210. The molecule has 7 nitrogen and oxygen atoms in total. The van der Waals surface area contributed by atoms with E-state index in [0.717, 1.165) is 0 Å². The molecule has 0 saturated heterocycles. The van der Waals surface area contributed by atoms with Gasteiger partial charge in [0.25, 0.3) is 0 Å². The Morgan fingerprint density at radius 1 is 1.29 bits per heavy atom. The first-order chi connectivity index (χ1) is 15.0. The second-order valence-electron chi connectivity index (χ2n) is 6.99. The minimum Gasteiger partial charge on any atom is -0.494 e. The van der Waals surface area contributed by atoms with E-state index in [4.69, 9.17) is 10.5 Å². The summed E-state index contributed by atoms with van der Waals surface area (Å²) in [6.45, 7) is -0.142. The van der Waals surface area contributed by atoms with Gasteiger partial charge in [-0.25, -0.2) is 18.7 Å². The number of rotatable bonds is 6. The van der Waals surface area contributed by atoms with Crippen LogP contribution in [0.5, 0.6) is 5.75 Å². The first-order valence-electron chi connectivity index (χ1n) is 9.52. The second kappa shape index (κ2) is 8.47. The topological polar surface area (TPSA) is 103 Å². The smallest absolute Gasteiger partial charge is 0.236 e. The van der Waals surface area contributed by atoms with Crippen molar-refractivity contribution >= 4 is 22.6 Å². The van der Waals surface area contributed by atoms with Crippen LogP contribution in [-0.2, 0) is 4.79 Å². The fourth-order valence-corrected chi connectivity index (χ4v) is 3.41. The summed E-state index contributed by atoms with van der Waals surface area (Å²) in [4.78, 5) is 24.6. The van der Waals surface area contributed by atoms with Crippen LogP contribution in [0.1, 0.15) is 17.9 Å². The number of primary amides is 1. The SMILES string of the molecule is COc1cc(C2C=C(F)C(F)=CC2)cc2c(NCC(N)=O)nc(-c3cccnc3)nc12. The van der Waals surface area contributed by atoms with Gasteiger partial charge in [0, 0.05) is 29.3 Å². The maximum atomic E-state index is 13.8. The molecule has 1 amide bonds. The van der Waals surface area contributed by atoms with E-state index in [-0.39, 0.29) is 12.5 Å². The van der Waals surface area contributed by atoms with Crippen LogP contribution in [0.3, 0.4) is 0 Å². The lowest BCUT2D eigenvalue weighted by atomic mass is 9.90. The average molecular weight is 423 g/mol. The third-order valence-electron chi connectivity index (χ3n) is 4.91. The van der Waals surface area contributed by atoms with Crippen molar-refractivity contribution in [3.8, 4) is 17.1 Å². The number of benzene rings is 1. The molecular weight excluding hydrogens is 404 g/mol. The first kappa shape index (κ1) is 20.4. The number of nitrogens with one attached hydrogen (secondary N) is 1.